The molecule has 1 aromatic heterocycles. The zero-order valence-corrected chi connectivity index (χ0v) is 19.8. The fourth-order valence-corrected chi connectivity index (χ4v) is 4.23. The van der Waals surface area contributed by atoms with Gasteiger partial charge in [-0.15, -0.1) is 10.2 Å². The Bertz CT molecular complexity index is 1070. The van der Waals surface area contributed by atoms with Gasteiger partial charge < -0.3 is 14.6 Å². The smallest absolute Gasteiger partial charge is 0.234 e. The predicted molar refractivity (Wildman–Crippen MR) is 126 cm³/mol. The van der Waals surface area contributed by atoms with Crippen LogP contribution >= 0.6 is 11.8 Å². The van der Waals surface area contributed by atoms with E-state index in [1.54, 1.807) is 12.1 Å². The number of benzene rings is 2. The largest absolute Gasteiger partial charge is 0.482 e. The second-order valence-electron chi connectivity index (χ2n) is 8.10. The van der Waals surface area contributed by atoms with Crippen molar-refractivity contribution >= 4 is 23.4 Å². The average Bonchev–Trinajstić information content (AvgIpc) is 3.17. The summed E-state index contributed by atoms with van der Waals surface area (Å²) in [5.41, 5.74) is 1.56. The number of thioether (sulfide) groups is 1. The topological polar surface area (TPSA) is 69.0 Å². The summed E-state index contributed by atoms with van der Waals surface area (Å²) < 4.78 is 21.6. The van der Waals surface area contributed by atoms with Crippen molar-refractivity contribution in [2.45, 2.75) is 57.8 Å². The number of hydrogen-bond donors (Lipinski definition) is 1. The number of amides is 1. The fraction of sp³-hybridized carbons (Fsp3) is 0.375. The molecule has 1 atom stereocenters. The van der Waals surface area contributed by atoms with Crippen LogP contribution in [0.3, 0.4) is 0 Å². The highest BCUT2D eigenvalue weighted by Crippen LogP contribution is 2.31. The van der Waals surface area contributed by atoms with Crippen LogP contribution in [0, 0.1) is 5.82 Å². The second kappa shape index (κ2) is 10.6. The van der Waals surface area contributed by atoms with Crippen molar-refractivity contribution in [1.29, 1.82) is 0 Å². The Hall–Kier alpha value is -2.87. The average molecular weight is 457 g/mol. The molecule has 1 amide bonds. The summed E-state index contributed by atoms with van der Waals surface area (Å²) in [6, 6.07) is 13.9. The molecule has 0 radical (unpaired) electrons. The molecule has 1 heterocycles. The first-order valence-electron chi connectivity index (χ1n) is 10.6. The number of anilines is 1. The highest BCUT2D eigenvalue weighted by atomic mass is 32.2. The zero-order chi connectivity index (χ0) is 23.3. The molecule has 6 nitrogen and oxygen atoms in total. The summed E-state index contributed by atoms with van der Waals surface area (Å²) in [5.74, 6) is 1.36. The van der Waals surface area contributed by atoms with E-state index in [1.165, 1.54) is 23.9 Å². The summed E-state index contributed by atoms with van der Waals surface area (Å²) in [6.07, 6.45) is -0.319. The number of carbonyl (C=O) groups is 1. The van der Waals surface area contributed by atoms with Crippen molar-refractivity contribution in [3.05, 3.63) is 65.7 Å². The predicted octanol–water partition coefficient (Wildman–Crippen LogP) is 5.99. The molecule has 2 aromatic carbocycles. The van der Waals surface area contributed by atoms with Crippen LogP contribution in [0.1, 0.15) is 64.1 Å². The van der Waals surface area contributed by atoms with Crippen LogP contribution < -0.4 is 10.1 Å². The van der Waals surface area contributed by atoms with Gasteiger partial charge in [-0.05, 0) is 56.5 Å². The van der Waals surface area contributed by atoms with Crippen LogP contribution in [0.4, 0.5) is 10.1 Å². The van der Waals surface area contributed by atoms with E-state index in [1.807, 2.05) is 43.5 Å². The molecular weight excluding hydrogens is 427 g/mol. The van der Waals surface area contributed by atoms with Gasteiger partial charge in [0.25, 0.3) is 0 Å². The molecule has 1 unspecified atom stereocenters. The number of aromatic nitrogens is 3. The highest BCUT2D eigenvalue weighted by molar-refractivity contribution is 7.99. The fourth-order valence-electron chi connectivity index (χ4n) is 3.35. The lowest BCUT2D eigenvalue weighted by molar-refractivity contribution is -0.113. The van der Waals surface area contributed by atoms with Crippen LogP contribution in [-0.4, -0.2) is 26.4 Å². The van der Waals surface area contributed by atoms with E-state index in [9.17, 15) is 9.18 Å². The second-order valence-corrected chi connectivity index (χ2v) is 9.05. The van der Waals surface area contributed by atoms with Gasteiger partial charge in [0, 0.05) is 11.7 Å². The molecule has 0 spiro atoms. The van der Waals surface area contributed by atoms with E-state index in [2.05, 4.69) is 35.4 Å². The van der Waals surface area contributed by atoms with Gasteiger partial charge in [0.2, 0.25) is 5.91 Å². The van der Waals surface area contributed by atoms with Crippen molar-refractivity contribution in [1.82, 2.24) is 14.8 Å². The summed E-state index contributed by atoms with van der Waals surface area (Å²) in [5, 5.41) is 12.0. The summed E-state index contributed by atoms with van der Waals surface area (Å²) in [7, 11) is 0. The number of hydrogen-bond acceptors (Lipinski definition) is 5. The van der Waals surface area contributed by atoms with Gasteiger partial charge in [-0.1, -0.05) is 49.9 Å². The minimum atomic E-state index is -0.396. The van der Waals surface area contributed by atoms with Gasteiger partial charge in [-0.25, -0.2) is 4.39 Å². The third-order valence-electron chi connectivity index (χ3n) is 4.86. The third-order valence-corrected chi connectivity index (χ3v) is 5.80. The third kappa shape index (κ3) is 5.88. The molecule has 0 saturated carbocycles. The maximum atomic E-state index is 13.3. The van der Waals surface area contributed by atoms with Crippen molar-refractivity contribution < 1.29 is 13.9 Å². The quantitative estimate of drug-likeness (QED) is 0.400. The maximum Gasteiger partial charge on any atom is 0.234 e. The van der Waals surface area contributed by atoms with Crippen molar-refractivity contribution in [2.24, 2.45) is 0 Å². The molecular formula is C24H29FN4O2S. The summed E-state index contributed by atoms with van der Waals surface area (Å²) in [6.45, 7) is 10.3. The van der Waals surface area contributed by atoms with Crippen molar-refractivity contribution in [2.75, 3.05) is 11.1 Å². The van der Waals surface area contributed by atoms with Crippen LogP contribution in [0.25, 0.3) is 0 Å². The van der Waals surface area contributed by atoms with Crippen LogP contribution in [0.2, 0.25) is 0 Å². The number of ether oxygens (including phenoxy) is 1. The summed E-state index contributed by atoms with van der Waals surface area (Å²) in [4.78, 5) is 12.3. The standard InChI is InChI=1S/C24H29FN4O2S/c1-15(2)20-11-6-7-12-21(20)31-17(5)23-27-28-24(29(23)16(3)4)32-14-22(30)26-19-10-8-9-18(25)13-19/h6-13,15-17H,14H2,1-5H3,(H,26,30). The molecule has 0 aliphatic rings. The Kier molecular flexibility index (Phi) is 7.90. The van der Waals surface area contributed by atoms with Crippen LogP contribution in [0.15, 0.2) is 53.7 Å². The highest BCUT2D eigenvalue weighted by Gasteiger charge is 2.23. The molecule has 8 heteroatoms. The van der Waals surface area contributed by atoms with Gasteiger partial charge in [-0.3, -0.25) is 4.79 Å². The molecule has 0 saturated heterocycles. The summed E-state index contributed by atoms with van der Waals surface area (Å²) >= 11 is 1.29. The first kappa shape index (κ1) is 23.8. The maximum absolute atomic E-state index is 13.3. The first-order valence-corrected chi connectivity index (χ1v) is 11.6. The van der Waals surface area contributed by atoms with E-state index in [0.717, 1.165) is 11.3 Å². The lowest BCUT2D eigenvalue weighted by Gasteiger charge is -2.21. The van der Waals surface area contributed by atoms with Crippen LogP contribution in [0.5, 0.6) is 5.75 Å². The molecule has 32 heavy (non-hydrogen) atoms. The van der Waals surface area contributed by atoms with E-state index >= 15 is 0 Å². The van der Waals surface area contributed by atoms with Crippen LogP contribution in [-0.2, 0) is 4.79 Å². The van der Waals surface area contributed by atoms with Gasteiger partial charge in [0.15, 0.2) is 17.1 Å². The Balaban J connectivity index is 1.72. The number of nitrogens with zero attached hydrogens (tertiary/aromatic N) is 3. The zero-order valence-electron chi connectivity index (χ0n) is 19.0. The van der Waals surface area contributed by atoms with E-state index in [0.29, 0.717) is 22.6 Å². The SMILES string of the molecule is CC(C)c1ccccc1OC(C)c1nnc(SCC(=O)Nc2cccc(F)c2)n1C(C)C. The number of rotatable bonds is 9. The molecule has 0 aliphatic heterocycles. The minimum absolute atomic E-state index is 0.0835. The number of para-hydroxylation sites is 1. The molecule has 170 valence electrons. The first-order chi connectivity index (χ1) is 15.3. The van der Waals surface area contributed by atoms with Gasteiger partial charge in [0.1, 0.15) is 11.6 Å². The molecule has 3 aromatic rings. The molecule has 0 bridgehead atoms. The van der Waals surface area contributed by atoms with E-state index in [4.69, 9.17) is 4.74 Å². The van der Waals surface area contributed by atoms with E-state index in [-0.39, 0.29) is 23.8 Å². The Morgan fingerprint density at radius 2 is 1.84 bits per heavy atom. The van der Waals surface area contributed by atoms with Crippen molar-refractivity contribution in [3.63, 3.8) is 0 Å². The normalized spacial score (nSPS) is 12.2. The minimum Gasteiger partial charge on any atom is -0.482 e. The monoisotopic (exact) mass is 456 g/mol. The Morgan fingerprint density at radius 1 is 1.09 bits per heavy atom. The Labute approximate surface area is 192 Å². The molecule has 1 N–H and O–H groups in total. The van der Waals surface area contributed by atoms with Gasteiger partial charge >= 0.3 is 0 Å². The van der Waals surface area contributed by atoms with E-state index < -0.39 is 5.82 Å². The molecule has 3 rings (SSSR count). The van der Waals surface area contributed by atoms with Crippen molar-refractivity contribution in [3.8, 4) is 5.75 Å². The number of halogens is 1. The molecule has 0 fully saturated rings. The van der Waals surface area contributed by atoms with Gasteiger partial charge in [0.05, 0.1) is 5.75 Å². The Morgan fingerprint density at radius 3 is 2.53 bits per heavy atom. The number of nitrogens with one attached hydrogen (secondary N) is 1. The van der Waals surface area contributed by atoms with Gasteiger partial charge in [-0.2, -0.15) is 0 Å². The lowest BCUT2D eigenvalue weighted by atomic mass is 10.0. The molecule has 0 aliphatic carbocycles. The number of carbonyl (C=O) groups excluding carboxylic acids is 1. The lowest BCUT2D eigenvalue weighted by Crippen LogP contribution is -2.17.